The molecule has 0 bridgehead atoms. The number of rotatable bonds is 7. The fourth-order valence-electron chi connectivity index (χ4n) is 1.32. The van der Waals surface area contributed by atoms with Gasteiger partial charge >= 0.3 is 0 Å². The van der Waals surface area contributed by atoms with Crippen LogP contribution in [0.25, 0.3) is 0 Å². The van der Waals surface area contributed by atoms with E-state index in [-0.39, 0.29) is 0 Å². The lowest BCUT2D eigenvalue weighted by Gasteiger charge is -2.05. The lowest BCUT2D eigenvalue weighted by atomic mass is 10.0. The molecule has 0 aromatic heterocycles. The molecule has 0 aliphatic rings. The Morgan fingerprint density at radius 3 is 2.44 bits per heavy atom. The summed E-state index contributed by atoms with van der Waals surface area (Å²) < 4.78 is 0. The second-order valence-electron chi connectivity index (χ2n) is 4.49. The van der Waals surface area contributed by atoms with E-state index in [1.54, 1.807) is 0 Å². The molecule has 0 aromatic carbocycles. The van der Waals surface area contributed by atoms with Crippen molar-refractivity contribution in [3.05, 3.63) is 35.5 Å². The lowest BCUT2D eigenvalue weighted by molar-refractivity contribution is 0.600. The molecule has 92 valence electrons. The fourth-order valence-corrected chi connectivity index (χ4v) is 1.83. The molecule has 0 aliphatic carbocycles. The van der Waals surface area contributed by atoms with Crippen molar-refractivity contribution in [1.82, 2.24) is 0 Å². The van der Waals surface area contributed by atoms with Crippen molar-refractivity contribution in [3.63, 3.8) is 0 Å². The highest BCUT2D eigenvalue weighted by atomic mass is 79.9. The van der Waals surface area contributed by atoms with E-state index in [9.17, 15) is 0 Å². The normalized spacial score (nSPS) is 15.8. The van der Waals surface area contributed by atoms with Crippen LogP contribution in [0.2, 0.25) is 0 Å². The maximum atomic E-state index is 3.40. The molecule has 0 amide bonds. The smallest absolute Gasteiger partial charge is 0.0217 e. The molecule has 1 unspecified atom stereocenters. The van der Waals surface area contributed by atoms with Gasteiger partial charge in [0, 0.05) is 5.33 Å². The molecule has 0 radical (unpaired) electrons. The fraction of sp³-hybridized carbons (Fsp3) is 0.600. The first kappa shape index (κ1) is 15.7. The second-order valence-corrected chi connectivity index (χ2v) is 5.13. The zero-order chi connectivity index (χ0) is 12.4. The van der Waals surface area contributed by atoms with Crippen molar-refractivity contribution in [2.24, 2.45) is 5.92 Å². The SMILES string of the molecule is CCC(C)=CCC(C)CC=CC(C)=CCBr. The van der Waals surface area contributed by atoms with Crippen LogP contribution >= 0.6 is 15.9 Å². The minimum Gasteiger partial charge on any atom is -0.0883 e. The maximum Gasteiger partial charge on any atom is 0.0217 e. The summed E-state index contributed by atoms with van der Waals surface area (Å²) in [5.74, 6) is 0.745. The summed E-state index contributed by atoms with van der Waals surface area (Å²) >= 11 is 3.40. The van der Waals surface area contributed by atoms with Gasteiger partial charge in [-0.15, -0.1) is 0 Å². The second kappa shape index (κ2) is 9.89. The average molecular weight is 285 g/mol. The first-order chi connectivity index (χ1) is 7.60. The van der Waals surface area contributed by atoms with Crippen molar-refractivity contribution in [3.8, 4) is 0 Å². The first-order valence-corrected chi connectivity index (χ1v) is 7.27. The van der Waals surface area contributed by atoms with Crippen molar-refractivity contribution in [1.29, 1.82) is 0 Å². The summed E-state index contributed by atoms with van der Waals surface area (Å²) in [6.45, 7) is 8.88. The van der Waals surface area contributed by atoms with Gasteiger partial charge in [-0.05, 0) is 39.0 Å². The van der Waals surface area contributed by atoms with E-state index in [2.05, 4.69) is 67.9 Å². The molecule has 0 fully saturated rings. The van der Waals surface area contributed by atoms with E-state index in [1.807, 2.05) is 0 Å². The molecule has 0 rings (SSSR count). The quantitative estimate of drug-likeness (QED) is 0.322. The van der Waals surface area contributed by atoms with Crippen molar-refractivity contribution < 1.29 is 0 Å². The molecule has 0 nitrogen and oxygen atoms in total. The average Bonchev–Trinajstić information content (AvgIpc) is 2.26. The van der Waals surface area contributed by atoms with Crippen LogP contribution in [0.4, 0.5) is 0 Å². The van der Waals surface area contributed by atoms with Crippen LogP contribution in [0.3, 0.4) is 0 Å². The molecule has 0 aliphatic heterocycles. The molecule has 0 N–H and O–H groups in total. The molecule has 0 aromatic rings. The standard InChI is InChI=1S/C15H25Br/c1-5-13(2)9-10-14(3)7-6-8-15(4)11-12-16/h6,8-9,11,14H,5,7,10,12H2,1-4H3. The van der Waals surface area contributed by atoms with Gasteiger partial charge in [-0.3, -0.25) is 0 Å². The van der Waals surface area contributed by atoms with Gasteiger partial charge in [-0.1, -0.05) is 65.2 Å². The predicted octanol–water partition coefficient (Wildman–Crippen LogP) is 5.66. The Morgan fingerprint density at radius 1 is 1.19 bits per heavy atom. The lowest BCUT2D eigenvalue weighted by Crippen LogP contribution is -1.90. The van der Waals surface area contributed by atoms with Crippen molar-refractivity contribution in [2.45, 2.75) is 47.0 Å². The van der Waals surface area contributed by atoms with E-state index < -0.39 is 0 Å². The summed E-state index contributed by atoms with van der Waals surface area (Å²) in [6, 6.07) is 0. The maximum absolute atomic E-state index is 3.40. The van der Waals surface area contributed by atoms with Gasteiger partial charge in [0.1, 0.15) is 0 Å². The molecule has 0 saturated heterocycles. The summed E-state index contributed by atoms with van der Waals surface area (Å²) in [5.41, 5.74) is 2.84. The third kappa shape index (κ3) is 8.96. The van der Waals surface area contributed by atoms with Crippen LogP contribution < -0.4 is 0 Å². The first-order valence-electron chi connectivity index (χ1n) is 6.15. The molecule has 0 spiro atoms. The van der Waals surface area contributed by atoms with Gasteiger partial charge < -0.3 is 0 Å². The number of allylic oxidation sites excluding steroid dienone is 6. The van der Waals surface area contributed by atoms with Gasteiger partial charge in [0.2, 0.25) is 0 Å². The molecule has 16 heavy (non-hydrogen) atoms. The van der Waals surface area contributed by atoms with Crippen LogP contribution in [0, 0.1) is 5.92 Å². The molecular weight excluding hydrogens is 260 g/mol. The van der Waals surface area contributed by atoms with Crippen molar-refractivity contribution in [2.75, 3.05) is 5.33 Å². The molecule has 0 heterocycles. The van der Waals surface area contributed by atoms with E-state index in [4.69, 9.17) is 0 Å². The Kier molecular flexibility index (Phi) is 9.71. The summed E-state index contributed by atoms with van der Waals surface area (Å²) in [7, 11) is 0. The van der Waals surface area contributed by atoms with E-state index >= 15 is 0 Å². The summed E-state index contributed by atoms with van der Waals surface area (Å²) in [6.07, 6.45) is 12.6. The third-order valence-electron chi connectivity index (χ3n) is 2.74. The van der Waals surface area contributed by atoms with Crippen LogP contribution in [-0.2, 0) is 0 Å². The van der Waals surface area contributed by atoms with Crippen LogP contribution in [-0.4, -0.2) is 5.33 Å². The predicted molar refractivity (Wildman–Crippen MR) is 79.1 cm³/mol. The molecule has 0 saturated carbocycles. The Balaban J connectivity index is 3.89. The van der Waals surface area contributed by atoms with Gasteiger partial charge in [-0.25, -0.2) is 0 Å². The highest BCUT2D eigenvalue weighted by Crippen LogP contribution is 2.12. The minimum absolute atomic E-state index is 0.745. The largest absolute Gasteiger partial charge is 0.0883 e. The Hall–Kier alpha value is -0.300. The van der Waals surface area contributed by atoms with Gasteiger partial charge in [0.25, 0.3) is 0 Å². The van der Waals surface area contributed by atoms with Gasteiger partial charge in [-0.2, -0.15) is 0 Å². The Morgan fingerprint density at radius 2 is 1.88 bits per heavy atom. The summed E-state index contributed by atoms with van der Waals surface area (Å²) in [4.78, 5) is 0. The van der Waals surface area contributed by atoms with E-state index in [0.29, 0.717) is 0 Å². The third-order valence-corrected chi connectivity index (χ3v) is 3.07. The van der Waals surface area contributed by atoms with Gasteiger partial charge in [0.05, 0.1) is 0 Å². The number of hydrogen-bond donors (Lipinski definition) is 0. The van der Waals surface area contributed by atoms with E-state index in [0.717, 1.165) is 11.2 Å². The zero-order valence-corrected chi connectivity index (χ0v) is 12.7. The van der Waals surface area contributed by atoms with Crippen LogP contribution in [0.15, 0.2) is 35.5 Å². The van der Waals surface area contributed by atoms with Crippen LogP contribution in [0.1, 0.15) is 47.0 Å². The Labute approximate surface area is 110 Å². The number of alkyl halides is 1. The molecular formula is C15H25Br. The zero-order valence-electron chi connectivity index (χ0n) is 11.1. The summed E-state index contributed by atoms with van der Waals surface area (Å²) in [5, 5.41) is 0.942. The number of halogens is 1. The highest BCUT2D eigenvalue weighted by Gasteiger charge is 1.96. The van der Waals surface area contributed by atoms with Crippen molar-refractivity contribution >= 4 is 15.9 Å². The molecule has 1 heteroatoms. The highest BCUT2D eigenvalue weighted by molar-refractivity contribution is 9.09. The number of hydrogen-bond acceptors (Lipinski definition) is 0. The monoisotopic (exact) mass is 284 g/mol. The van der Waals surface area contributed by atoms with E-state index in [1.165, 1.54) is 30.4 Å². The topological polar surface area (TPSA) is 0 Å². The molecule has 1 atom stereocenters. The Bertz CT molecular complexity index is 259. The van der Waals surface area contributed by atoms with Gasteiger partial charge in [0.15, 0.2) is 0 Å². The minimum atomic E-state index is 0.745. The van der Waals surface area contributed by atoms with Crippen LogP contribution in [0.5, 0.6) is 0 Å².